The van der Waals surface area contributed by atoms with Crippen molar-refractivity contribution in [3.05, 3.63) is 69.8 Å². The maximum atomic E-state index is 12.3. The van der Waals surface area contributed by atoms with Crippen LogP contribution in [0, 0.1) is 16.0 Å². The van der Waals surface area contributed by atoms with E-state index in [1.807, 2.05) is 12.1 Å². The minimum atomic E-state index is -0.428. The number of likely N-dealkylation sites (tertiary alicyclic amines) is 1. The normalized spacial score (nSPS) is 16.8. The molecule has 2 aromatic carbocycles. The lowest BCUT2D eigenvalue weighted by Crippen LogP contribution is -2.34. The minimum Gasteiger partial charge on any atom is -0.379 e. The molecule has 30 heavy (non-hydrogen) atoms. The molecule has 0 aromatic heterocycles. The van der Waals surface area contributed by atoms with Crippen LogP contribution in [0.5, 0.6) is 0 Å². The van der Waals surface area contributed by atoms with Gasteiger partial charge in [-0.25, -0.2) is 0 Å². The summed E-state index contributed by atoms with van der Waals surface area (Å²) in [6.07, 6.45) is 2.79. The topological polar surface area (TPSA) is 87.5 Å². The molecule has 1 atom stereocenters. The first-order valence-electron chi connectivity index (χ1n) is 10.6. The van der Waals surface area contributed by atoms with Crippen LogP contribution < -0.4 is 10.6 Å². The quantitative estimate of drug-likeness (QED) is 0.483. The van der Waals surface area contributed by atoms with Gasteiger partial charge in [-0.05, 0) is 42.5 Å². The monoisotopic (exact) mass is 410 g/mol. The van der Waals surface area contributed by atoms with Crippen LogP contribution in [-0.2, 0) is 17.9 Å². The van der Waals surface area contributed by atoms with Crippen LogP contribution in [0.3, 0.4) is 0 Å². The molecule has 160 valence electrons. The average molecular weight is 411 g/mol. The summed E-state index contributed by atoms with van der Waals surface area (Å²) < 4.78 is 0. The molecule has 0 bridgehead atoms. The Balaban J connectivity index is 1.48. The van der Waals surface area contributed by atoms with Gasteiger partial charge in [0.1, 0.15) is 5.69 Å². The second-order valence-corrected chi connectivity index (χ2v) is 7.98. The third-order valence-corrected chi connectivity index (χ3v) is 5.50. The first-order valence-corrected chi connectivity index (χ1v) is 10.6. The van der Waals surface area contributed by atoms with Crippen molar-refractivity contribution in [2.75, 3.05) is 25.0 Å². The van der Waals surface area contributed by atoms with Crippen molar-refractivity contribution in [2.24, 2.45) is 5.92 Å². The van der Waals surface area contributed by atoms with Crippen LogP contribution in [0.4, 0.5) is 11.4 Å². The molecule has 1 unspecified atom stereocenters. The number of nitro groups is 1. The SMILES string of the molecule is CC1CCCN(Cc2ccccc2CNC(=O)CCNc2ccccc2[N+](=O)[O-])C1. The molecule has 1 saturated heterocycles. The predicted octanol–water partition coefficient (Wildman–Crippen LogP) is 3.95. The Morgan fingerprint density at radius 3 is 2.67 bits per heavy atom. The van der Waals surface area contributed by atoms with E-state index in [0.29, 0.717) is 18.8 Å². The molecular formula is C23H30N4O3. The van der Waals surface area contributed by atoms with Crippen LogP contribution >= 0.6 is 0 Å². The molecule has 0 spiro atoms. The summed E-state index contributed by atoms with van der Waals surface area (Å²) in [5.41, 5.74) is 2.83. The lowest BCUT2D eigenvalue weighted by Gasteiger charge is -2.31. The van der Waals surface area contributed by atoms with Gasteiger partial charge >= 0.3 is 0 Å². The van der Waals surface area contributed by atoms with E-state index in [1.165, 1.54) is 24.5 Å². The molecule has 3 rings (SSSR count). The van der Waals surface area contributed by atoms with Gasteiger partial charge in [0.2, 0.25) is 5.91 Å². The Bertz CT molecular complexity index is 871. The Hall–Kier alpha value is -2.93. The fourth-order valence-electron chi connectivity index (χ4n) is 3.93. The van der Waals surface area contributed by atoms with E-state index >= 15 is 0 Å². The molecule has 7 nitrogen and oxygen atoms in total. The average Bonchev–Trinajstić information content (AvgIpc) is 2.73. The van der Waals surface area contributed by atoms with Gasteiger partial charge in [0.05, 0.1) is 4.92 Å². The molecule has 1 amide bonds. The maximum absolute atomic E-state index is 12.3. The summed E-state index contributed by atoms with van der Waals surface area (Å²) >= 11 is 0. The van der Waals surface area contributed by atoms with Crippen LogP contribution in [0.25, 0.3) is 0 Å². The number of para-hydroxylation sites is 2. The van der Waals surface area contributed by atoms with E-state index in [9.17, 15) is 14.9 Å². The van der Waals surface area contributed by atoms with Gasteiger partial charge in [-0.1, -0.05) is 43.3 Å². The third kappa shape index (κ3) is 6.29. The zero-order valence-corrected chi connectivity index (χ0v) is 17.5. The third-order valence-electron chi connectivity index (χ3n) is 5.50. The second kappa shape index (κ2) is 10.7. The van der Waals surface area contributed by atoms with Gasteiger partial charge in [-0.2, -0.15) is 0 Å². The van der Waals surface area contributed by atoms with Crippen molar-refractivity contribution in [1.82, 2.24) is 10.2 Å². The molecule has 1 fully saturated rings. The Morgan fingerprint density at radius 2 is 1.90 bits per heavy atom. The number of hydrogen-bond donors (Lipinski definition) is 2. The van der Waals surface area contributed by atoms with E-state index in [0.717, 1.165) is 31.1 Å². The van der Waals surface area contributed by atoms with Gasteiger partial charge in [-0.15, -0.1) is 0 Å². The van der Waals surface area contributed by atoms with Crippen molar-refractivity contribution in [2.45, 2.75) is 39.3 Å². The molecular weight excluding hydrogens is 380 g/mol. The van der Waals surface area contributed by atoms with Crippen molar-refractivity contribution in [1.29, 1.82) is 0 Å². The first-order chi connectivity index (χ1) is 14.5. The van der Waals surface area contributed by atoms with Crippen molar-refractivity contribution >= 4 is 17.3 Å². The van der Waals surface area contributed by atoms with E-state index in [-0.39, 0.29) is 18.0 Å². The number of amides is 1. The van der Waals surface area contributed by atoms with E-state index in [4.69, 9.17) is 0 Å². The molecule has 7 heteroatoms. The maximum Gasteiger partial charge on any atom is 0.292 e. The highest BCUT2D eigenvalue weighted by Gasteiger charge is 2.17. The first kappa shape index (κ1) is 21.8. The lowest BCUT2D eigenvalue weighted by atomic mass is 9.99. The lowest BCUT2D eigenvalue weighted by molar-refractivity contribution is -0.384. The number of nitrogens with one attached hydrogen (secondary N) is 2. The smallest absolute Gasteiger partial charge is 0.292 e. The Kier molecular flexibility index (Phi) is 7.79. The van der Waals surface area contributed by atoms with Gasteiger partial charge in [0.15, 0.2) is 0 Å². The Labute approximate surface area is 177 Å². The number of carbonyl (C=O) groups excluding carboxylic acids is 1. The minimum absolute atomic E-state index is 0.0128. The van der Waals surface area contributed by atoms with Gasteiger partial charge in [0, 0.05) is 38.7 Å². The number of anilines is 1. The zero-order chi connectivity index (χ0) is 21.3. The summed E-state index contributed by atoms with van der Waals surface area (Å²) in [7, 11) is 0. The molecule has 2 aromatic rings. The predicted molar refractivity (Wildman–Crippen MR) is 118 cm³/mol. The molecule has 2 N–H and O–H groups in total. The molecule has 0 aliphatic carbocycles. The highest BCUT2D eigenvalue weighted by atomic mass is 16.6. The van der Waals surface area contributed by atoms with Gasteiger partial charge < -0.3 is 10.6 Å². The van der Waals surface area contributed by atoms with E-state index in [2.05, 4.69) is 34.6 Å². The largest absolute Gasteiger partial charge is 0.379 e. The van der Waals surface area contributed by atoms with Crippen LogP contribution in [0.15, 0.2) is 48.5 Å². The molecule has 1 aliphatic rings. The number of piperidine rings is 1. The Morgan fingerprint density at radius 1 is 1.17 bits per heavy atom. The summed E-state index contributed by atoms with van der Waals surface area (Å²) in [6, 6.07) is 14.7. The van der Waals surface area contributed by atoms with Gasteiger partial charge in [0.25, 0.3) is 5.69 Å². The summed E-state index contributed by atoms with van der Waals surface area (Å²) in [6.45, 7) is 6.29. The molecule has 0 saturated carbocycles. The van der Waals surface area contributed by atoms with Crippen molar-refractivity contribution in [3.8, 4) is 0 Å². The van der Waals surface area contributed by atoms with E-state index < -0.39 is 4.92 Å². The zero-order valence-electron chi connectivity index (χ0n) is 17.5. The molecule has 0 radical (unpaired) electrons. The molecule has 1 aliphatic heterocycles. The van der Waals surface area contributed by atoms with Crippen LogP contribution in [0.1, 0.15) is 37.3 Å². The molecule has 1 heterocycles. The van der Waals surface area contributed by atoms with Crippen LogP contribution in [-0.4, -0.2) is 35.4 Å². The summed E-state index contributed by atoms with van der Waals surface area (Å²) in [5, 5.41) is 17.0. The number of benzene rings is 2. The highest BCUT2D eigenvalue weighted by molar-refractivity contribution is 5.76. The van der Waals surface area contributed by atoms with Crippen molar-refractivity contribution < 1.29 is 9.72 Å². The standard InChI is InChI=1S/C23H30N4O3/c1-18-7-6-14-26(16-18)17-20-9-3-2-8-19(20)15-25-23(28)12-13-24-21-10-4-5-11-22(21)27(29)30/h2-5,8-11,18,24H,6-7,12-17H2,1H3,(H,25,28). The van der Waals surface area contributed by atoms with E-state index in [1.54, 1.807) is 18.2 Å². The fraction of sp³-hybridized carbons (Fsp3) is 0.435. The summed E-state index contributed by atoms with van der Waals surface area (Å²) in [5.74, 6) is 0.654. The van der Waals surface area contributed by atoms with Crippen molar-refractivity contribution in [3.63, 3.8) is 0 Å². The number of nitrogens with zero attached hydrogens (tertiary/aromatic N) is 2. The highest BCUT2D eigenvalue weighted by Crippen LogP contribution is 2.23. The number of carbonyl (C=O) groups is 1. The fourth-order valence-corrected chi connectivity index (χ4v) is 3.93. The van der Waals surface area contributed by atoms with Crippen LogP contribution in [0.2, 0.25) is 0 Å². The number of nitro benzene ring substituents is 1. The summed E-state index contributed by atoms with van der Waals surface area (Å²) in [4.78, 5) is 25.4. The second-order valence-electron chi connectivity index (χ2n) is 7.98. The number of rotatable bonds is 9. The number of hydrogen-bond acceptors (Lipinski definition) is 5. The van der Waals surface area contributed by atoms with Gasteiger partial charge in [-0.3, -0.25) is 19.8 Å².